The minimum absolute atomic E-state index is 0.285. The number of halogens is 1. The molecule has 19 heavy (non-hydrogen) atoms. The Balaban J connectivity index is 2.46. The SMILES string of the molecule is CCCC(CC)n1nnnc1-c1cc(N)ccc1Cl. The van der Waals surface area contributed by atoms with Gasteiger partial charge in [-0.05, 0) is 41.5 Å². The van der Waals surface area contributed by atoms with Crippen molar-refractivity contribution < 1.29 is 0 Å². The van der Waals surface area contributed by atoms with Crippen LogP contribution in [0.1, 0.15) is 39.2 Å². The fraction of sp³-hybridized carbons (Fsp3) is 0.462. The highest BCUT2D eigenvalue weighted by molar-refractivity contribution is 6.33. The van der Waals surface area contributed by atoms with Crippen LogP contribution in [0.15, 0.2) is 18.2 Å². The Morgan fingerprint density at radius 1 is 1.37 bits per heavy atom. The van der Waals surface area contributed by atoms with Crippen molar-refractivity contribution in [2.75, 3.05) is 5.73 Å². The van der Waals surface area contributed by atoms with E-state index in [2.05, 4.69) is 29.4 Å². The maximum atomic E-state index is 6.22. The molecule has 0 fully saturated rings. The molecule has 2 N–H and O–H groups in total. The van der Waals surface area contributed by atoms with E-state index in [1.807, 2.05) is 10.7 Å². The van der Waals surface area contributed by atoms with E-state index in [0.29, 0.717) is 16.5 Å². The molecule has 0 saturated carbocycles. The zero-order valence-corrected chi connectivity index (χ0v) is 11.9. The van der Waals surface area contributed by atoms with Crippen molar-refractivity contribution in [3.63, 3.8) is 0 Å². The van der Waals surface area contributed by atoms with E-state index in [1.165, 1.54) is 0 Å². The molecule has 0 bridgehead atoms. The molecule has 0 aliphatic rings. The highest BCUT2D eigenvalue weighted by atomic mass is 35.5. The van der Waals surface area contributed by atoms with Gasteiger partial charge < -0.3 is 5.73 Å². The number of anilines is 1. The highest BCUT2D eigenvalue weighted by Crippen LogP contribution is 2.30. The van der Waals surface area contributed by atoms with E-state index in [0.717, 1.165) is 24.8 Å². The van der Waals surface area contributed by atoms with E-state index >= 15 is 0 Å². The molecule has 102 valence electrons. The number of hydrogen-bond acceptors (Lipinski definition) is 4. The van der Waals surface area contributed by atoms with Gasteiger partial charge in [-0.15, -0.1) is 5.10 Å². The van der Waals surface area contributed by atoms with Crippen LogP contribution in [0, 0.1) is 0 Å². The van der Waals surface area contributed by atoms with Gasteiger partial charge in [-0.2, -0.15) is 0 Å². The van der Waals surface area contributed by atoms with E-state index in [4.69, 9.17) is 17.3 Å². The average Bonchev–Trinajstić information content (AvgIpc) is 2.87. The van der Waals surface area contributed by atoms with Crippen LogP contribution in [0.5, 0.6) is 0 Å². The number of hydrogen-bond donors (Lipinski definition) is 1. The lowest BCUT2D eigenvalue weighted by Crippen LogP contribution is -2.11. The quantitative estimate of drug-likeness (QED) is 0.852. The normalized spacial score (nSPS) is 12.6. The third-order valence-corrected chi connectivity index (χ3v) is 3.49. The average molecular weight is 280 g/mol. The van der Waals surface area contributed by atoms with Gasteiger partial charge in [-0.1, -0.05) is 31.9 Å². The van der Waals surface area contributed by atoms with Crippen molar-refractivity contribution in [3.8, 4) is 11.4 Å². The van der Waals surface area contributed by atoms with E-state index < -0.39 is 0 Å². The van der Waals surface area contributed by atoms with Gasteiger partial charge in [0.2, 0.25) is 0 Å². The second-order valence-corrected chi connectivity index (χ2v) is 4.94. The zero-order valence-electron chi connectivity index (χ0n) is 11.2. The summed E-state index contributed by atoms with van der Waals surface area (Å²) in [7, 11) is 0. The van der Waals surface area contributed by atoms with Gasteiger partial charge >= 0.3 is 0 Å². The molecule has 1 aromatic carbocycles. The lowest BCUT2D eigenvalue weighted by Gasteiger charge is -2.16. The van der Waals surface area contributed by atoms with Crippen LogP contribution in [0.3, 0.4) is 0 Å². The molecule has 0 aliphatic carbocycles. The van der Waals surface area contributed by atoms with E-state index in [1.54, 1.807) is 12.1 Å². The second-order valence-electron chi connectivity index (χ2n) is 4.54. The Morgan fingerprint density at radius 2 is 2.16 bits per heavy atom. The molecule has 2 aromatic rings. The molecule has 0 amide bonds. The van der Waals surface area contributed by atoms with Crippen molar-refractivity contribution in [3.05, 3.63) is 23.2 Å². The molecule has 0 saturated heterocycles. The monoisotopic (exact) mass is 279 g/mol. The molecule has 0 spiro atoms. The lowest BCUT2D eigenvalue weighted by molar-refractivity contribution is 0.404. The Kier molecular flexibility index (Phi) is 4.37. The first-order valence-corrected chi connectivity index (χ1v) is 6.88. The van der Waals surface area contributed by atoms with Crippen molar-refractivity contribution >= 4 is 17.3 Å². The Labute approximate surface area is 117 Å². The van der Waals surface area contributed by atoms with Gasteiger partial charge in [0.1, 0.15) is 0 Å². The third-order valence-electron chi connectivity index (χ3n) is 3.16. The van der Waals surface area contributed by atoms with Gasteiger partial charge in [0, 0.05) is 11.3 Å². The van der Waals surface area contributed by atoms with E-state index in [-0.39, 0.29) is 6.04 Å². The van der Waals surface area contributed by atoms with Gasteiger partial charge in [-0.25, -0.2) is 4.68 Å². The maximum Gasteiger partial charge on any atom is 0.183 e. The summed E-state index contributed by atoms with van der Waals surface area (Å²) in [6.45, 7) is 4.28. The van der Waals surface area contributed by atoms with Crippen LogP contribution in [-0.4, -0.2) is 20.2 Å². The summed E-state index contributed by atoms with van der Waals surface area (Å²) in [5.74, 6) is 0.678. The third kappa shape index (κ3) is 2.87. The molecule has 1 aromatic heterocycles. The number of nitrogens with two attached hydrogens (primary N) is 1. The molecular formula is C13H18ClN5. The first kappa shape index (κ1) is 13.8. The Bertz CT molecular complexity index is 552. The second kappa shape index (κ2) is 6.02. The van der Waals surface area contributed by atoms with Crippen LogP contribution in [-0.2, 0) is 0 Å². The first-order chi connectivity index (χ1) is 9.17. The van der Waals surface area contributed by atoms with Crippen LogP contribution in [0.25, 0.3) is 11.4 Å². The molecule has 1 heterocycles. The van der Waals surface area contributed by atoms with Crippen LogP contribution >= 0.6 is 11.6 Å². The maximum absolute atomic E-state index is 6.22. The van der Waals surface area contributed by atoms with Crippen molar-refractivity contribution in [2.45, 2.75) is 39.2 Å². The van der Waals surface area contributed by atoms with Crippen LogP contribution < -0.4 is 5.73 Å². The summed E-state index contributed by atoms with van der Waals surface area (Å²) in [6.07, 6.45) is 3.10. The summed E-state index contributed by atoms with van der Waals surface area (Å²) in [4.78, 5) is 0. The van der Waals surface area contributed by atoms with Crippen LogP contribution in [0.4, 0.5) is 5.69 Å². The number of aromatic nitrogens is 4. The largest absolute Gasteiger partial charge is 0.399 e. The number of rotatable bonds is 5. The van der Waals surface area contributed by atoms with Crippen molar-refractivity contribution in [1.29, 1.82) is 0 Å². The fourth-order valence-corrected chi connectivity index (χ4v) is 2.37. The number of nitrogen functional groups attached to an aromatic ring is 1. The molecule has 0 radical (unpaired) electrons. The van der Waals surface area contributed by atoms with Gasteiger partial charge in [0.15, 0.2) is 5.82 Å². The standard InChI is InChI=1S/C13H18ClN5/c1-3-5-10(4-2)19-13(16-17-18-19)11-8-9(15)6-7-12(11)14/h6-8,10H,3-5,15H2,1-2H3. The van der Waals surface area contributed by atoms with Gasteiger partial charge in [0.25, 0.3) is 0 Å². The number of tetrazole rings is 1. The summed E-state index contributed by atoms with van der Waals surface area (Å²) in [5, 5.41) is 12.6. The topological polar surface area (TPSA) is 69.6 Å². The minimum Gasteiger partial charge on any atom is -0.399 e. The summed E-state index contributed by atoms with van der Waals surface area (Å²) >= 11 is 6.22. The number of nitrogens with zero attached hydrogens (tertiary/aromatic N) is 4. The Hall–Kier alpha value is -1.62. The molecular weight excluding hydrogens is 262 g/mol. The fourth-order valence-electron chi connectivity index (χ4n) is 2.16. The first-order valence-electron chi connectivity index (χ1n) is 6.50. The highest BCUT2D eigenvalue weighted by Gasteiger charge is 2.18. The van der Waals surface area contributed by atoms with Crippen molar-refractivity contribution in [2.24, 2.45) is 0 Å². The zero-order chi connectivity index (χ0) is 13.8. The summed E-state index contributed by atoms with van der Waals surface area (Å²) < 4.78 is 1.85. The molecule has 2 rings (SSSR count). The van der Waals surface area contributed by atoms with Crippen LogP contribution in [0.2, 0.25) is 5.02 Å². The minimum atomic E-state index is 0.285. The molecule has 6 heteroatoms. The number of benzene rings is 1. The predicted molar refractivity (Wildman–Crippen MR) is 76.9 cm³/mol. The van der Waals surface area contributed by atoms with Crippen molar-refractivity contribution in [1.82, 2.24) is 20.2 Å². The molecule has 5 nitrogen and oxygen atoms in total. The molecule has 1 unspecified atom stereocenters. The Morgan fingerprint density at radius 3 is 2.84 bits per heavy atom. The summed E-state index contributed by atoms with van der Waals surface area (Å²) in [6, 6.07) is 5.63. The van der Waals surface area contributed by atoms with Gasteiger partial charge in [-0.3, -0.25) is 0 Å². The summed E-state index contributed by atoms with van der Waals surface area (Å²) in [5.41, 5.74) is 7.24. The van der Waals surface area contributed by atoms with E-state index in [9.17, 15) is 0 Å². The van der Waals surface area contributed by atoms with Gasteiger partial charge in [0.05, 0.1) is 11.1 Å². The predicted octanol–water partition coefficient (Wildman–Crippen LogP) is 3.33. The smallest absolute Gasteiger partial charge is 0.183 e. The molecule has 1 atom stereocenters. The molecule has 0 aliphatic heterocycles. The lowest BCUT2D eigenvalue weighted by atomic mass is 10.1.